The maximum Gasteiger partial charge on any atom is 1.00 e. The van der Waals surface area contributed by atoms with Crippen molar-refractivity contribution in [2.24, 2.45) is 0 Å². The van der Waals surface area contributed by atoms with Gasteiger partial charge in [-0.3, -0.25) is 0 Å². The standard InChI is InChI=1S/C16H21OSi.Li/c1-16(2,3)18(4,5)17-15-11-10-13-8-6-7-9-14(13)12-15;/h7-12H,1-5H3;/q-1;+1. The Morgan fingerprint density at radius 1 is 1.05 bits per heavy atom. The smallest absolute Gasteiger partial charge is 0.544 e. The third-order valence-corrected chi connectivity index (χ3v) is 8.19. The summed E-state index contributed by atoms with van der Waals surface area (Å²) in [6.07, 6.45) is 0. The minimum Gasteiger partial charge on any atom is -0.544 e. The number of fused-ring (bicyclic) bond motifs is 1. The van der Waals surface area contributed by atoms with E-state index in [-0.39, 0.29) is 23.9 Å². The first-order valence-corrected chi connectivity index (χ1v) is 9.29. The van der Waals surface area contributed by atoms with Gasteiger partial charge in [-0.25, -0.2) is 0 Å². The van der Waals surface area contributed by atoms with Crippen LogP contribution in [0.2, 0.25) is 18.1 Å². The molecule has 96 valence electrons. The normalized spacial score (nSPS) is 12.1. The van der Waals surface area contributed by atoms with Crippen LogP contribution in [0.4, 0.5) is 0 Å². The SMILES string of the molecule is CC(C)(C)[Si](C)(C)Oc1ccc2c[c-]ccc2c1.[Li+]. The second-order valence-corrected chi connectivity index (χ2v) is 11.0. The summed E-state index contributed by atoms with van der Waals surface area (Å²) in [5.74, 6) is 0.986. The van der Waals surface area contributed by atoms with Crippen LogP contribution in [-0.2, 0) is 0 Å². The molecule has 0 aliphatic rings. The molecule has 0 spiro atoms. The Morgan fingerprint density at radius 2 is 1.74 bits per heavy atom. The van der Waals surface area contributed by atoms with E-state index in [0.29, 0.717) is 0 Å². The molecule has 0 radical (unpaired) electrons. The molecule has 0 aliphatic heterocycles. The van der Waals surface area contributed by atoms with Crippen molar-refractivity contribution in [3.63, 3.8) is 0 Å². The second-order valence-electron chi connectivity index (χ2n) is 6.30. The van der Waals surface area contributed by atoms with Gasteiger partial charge in [0.05, 0.1) is 0 Å². The number of hydrogen-bond acceptors (Lipinski definition) is 1. The van der Waals surface area contributed by atoms with E-state index >= 15 is 0 Å². The first-order chi connectivity index (χ1) is 8.29. The van der Waals surface area contributed by atoms with Gasteiger partial charge in [0.1, 0.15) is 5.75 Å². The molecule has 3 heteroatoms. The largest absolute Gasteiger partial charge is 1.00 e. The van der Waals surface area contributed by atoms with Crippen molar-refractivity contribution < 1.29 is 23.3 Å². The molecule has 0 fully saturated rings. The zero-order valence-corrected chi connectivity index (χ0v) is 13.9. The van der Waals surface area contributed by atoms with Gasteiger partial charge in [0, 0.05) is 0 Å². The average Bonchev–Trinajstić information content (AvgIpc) is 2.27. The minimum atomic E-state index is -1.74. The van der Waals surface area contributed by atoms with Gasteiger partial charge in [0.2, 0.25) is 8.32 Å². The van der Waals surface area contributed by atoms with Gasteiger partial charge in [0.15, 0.2) is 0 Å². The first kappa shape index (κ1) is 16.4. The Kier molecular flexibility index (Phi) is 4.95. The number of rotatable bonds is 2. The van der Waals surface area contributed by atoms with Crippen LogP contribution in [0.15, 0.2) is 36.4 Å². The van der Waals surface area contributed by atoms with Crippen LogP contribution < -0.4 is 23.3 Å². The molecule has 2 aromatic carbocycles. The van der Waals surface area contributed by atoms with Crippen LogP contribution in [-0.4, -0.2) is 8.32 Å². The molecule has 0 saturated heterocycles. The quantitative estimate of drug-likeness (QED) is 0.596. The van der Waals surface area contributed by atoms with Crippen molar-refractivity contribution in [1.82, 2.24) is 0 Å². The van der Waals surface area contributed by atoms with E-state index in [4.69, 9.17) is 4.43 Å². The summed E-state index contributed by atoms with van der Waals surface area (Å²) in [6, 6.07) is 15.4. The Bertz CT molecular complexity index is 558. The molecule has 0 aromatic heterocycles. The van der Waals surface area contributed by atoms with E-state index < -0.39 is 8.32 Å². The predicted molar refractivity (Wildman–Crippen MR) is 80.6 cm³/mol. The van der Waals surface area contributed by atoms with Crippen LogP contribution in [0.3, 0.4) is 0 Å². The van der Waals surface area contributed by atoms with Gasteiger partial charge in [-0.05, 0) is 30.3 Å². The fourth-order valence-corrected chi connectivity index (χ4v) is 2.64. The molecule has 0 unspecified atom stereocenters. The van der Waals surface area contributed by atoms with Crippen molar-refractivity contribution >= 4 is 19.1 Å². The topological polar surface area (TPSA) is 9.23 Å². The number of benzene rings is 2. The van der Waals surface area contributed by atoms with Crippen LogP contribution in [0, 0.1) is 6.07 Å². The summed E-state index contributed by atoms with van der Waals surface area (Å²) in [4.78, 5) is 0. The molecule has 1 nitrogen and oxygen atoms in total. The molecule has 0 bridgehead atoms. The summed E-state index contributed by atoms with van der Waals surface area (Å²) in [7, 11) is -1.74. The Labute approximate surface area is 129 Å². The summed E-state index contributed by atoms with van der Waals surface area (Å²) in [6.45, 7) is 11.3. The van der Waals surface area contributed by atoms with Crippen molar-refractivity contribution in [2.45, 2.75) is 38.9 Å². The molecule has 2 rings (SSSR count). The molecule has 0 saturated carbocycles. The molecule has 0 aliphatic carbocycles. The predicted octanol–water partition coefficient (Wildman–Crippen LogP) is 2.03. The van der Waals surface area contributed by atoms with Crippen molar-refractivity contribution in [1.29, 1.82) is 0 Å². The van der Waals surface area contributed by atoms with E-state index in [1.807, 2.05) is 12.1 Å². The second kappa shape index (κ2) is 5.75. The van der Waals surface area contributed by atoms with Crippen molar-refractivity contribution in [2.75, 3.05) is 0 Å². The summed E-state index contributed by atoms with van der Waals surface area (Å²) >= 11 is 0. The van der Waals surface area contributed by atoms with Crippen molar-refractivity contribution in [3.05, 3.63) is 42.5 Å². The van der Waals surface area contributed by atoms with Gasteiger partial charge in [-0.15, -0.1) is 16.8 Å². The monoisotopic (exact) mass is 264 g/mol. The first-order valence-electron chi connectivity index (χ1n) is 6.38. The maximum atomic E-state index is 6.30. The van der Waals surface area contributed by atoms with E-state index in [2.05, 4.69) is 64.2 Å². The molecular weight excluding hydrogens is 243 g/mol. The van der Waals surface area contributed by atoms with Crippen LogP contribution >= 0.6 is 0 Å². The third-order valence-electron chi connectivity index (χ3n) is 3.84. The maximum absolute atomic E-state index is 6.30. The summed E-state index contributed by atoms with van der Waals surface area (Å²) in [5, 5.41) is 2.65. The van der Waals surface area contributed by atoms with E-state index in [0.717, 1.165) is 5.75 Å². The Hall–Kier alpha value is -0.686. The van der Waals surface area contributed by atoms with E-state index in [9.17, 15) is 0 Å². The van der Waals surface area contributed by atoms with E-state index in [1.165, 1.54) is 10.8 Å². The van der Waals surface area contributed by atoms with Crippen LogP contribution in [0.1, 0.15) is 20.8 Å². The fraction of sp³-hybridized carbons (Fsp3) is 0.375. The average molecular weight is 264 g/mol. The molecule has 2 aromatic rings. The Balaban J connectivity index is 0.00000180. The molecule has 0 N–H and O–H groups in total. The molecule has 0 amide bonds. The molecular formula is C16H21LiOSi. The van der Waals surface area contributed by atoms with Crippen LogP contribution in [0.5, 0.6) is 5.75 Å². The zero-order chi connectivity index (χ0) is 13.4. The van der Waals surface area contributed by atoms with Crippen LogP contribution in [0.25, 0.3) is 10.8 Å². The van der Waals surface area contributed by atoms with E-state index in [1.54, 1.807) is 0 Å². The van der Waals surface area contributed by atoms with Crippen molar-refractivity contribution in [3.8, 4) is 5.75 Å². The van der Waals surface area contributed by atoms with Gasteiger partial charge in [0.25, 0.3) is 0 Å². The minimum absolute atomic E-state index is 0. The summed E-state index contributed by atoms with van der Waals surface area (Å²) in [5.41, 5.74) is 0. The molecule has 0 heterocycles. The Morgan fingerprint density at radius 3 is 2.37 bits per heavy atom. The third kappa shape index (κ3) is 3.66. The van der Waals surface area contributed by atoms with Gasteiger partial charge < -0.3 is 4.43 Å². The zero-order valence-electron chi connectivity index (χ0n) is 12.9. The summed E-state index contributed by atoms with van der Waals surface area (Å²) < 4.78 is 6.30. The number of hydrogen-bond donors (Lipinski definition) is 0. The van der Waals surface area contributed by atoms with Gasteiger partial charge in [-0.2, -0.15) is 24.3 Å². The molecule has 19 heavy (non-hydrogen) atoms. The molecule has 0 atom stereocenters. The fourth-order valence-electron chi connectivity index (χ4n) is 1.62. The van der Waals surface area contributed by atoms with Gasteiger partial charge >= 0.3 is 18.9 Å². The van der Waals surface area contributed by atoms with Gasteiger partial charge in [-0.1, -0.05) is 20.8 Å².